The second-order valence-electron chi connectivity index (χ2n) is 4.52. The van der Waals surface area contributed by atoms with Gasteiger partial charge >= 0.3 is 0 Å². The van der Waals surface area contributed by atoms with Crippen molar-refractivity contribution in [1.29, 1.82) is 0 Å². The number of anilines is 1. The first-order valence-electron chi connectivity index (χ1n) is 6.49. The number of hydrogen-bond donors (Lipinski definition) is 0. The van der Waals surface area contributed by atoms with Gasteiger partial charge in [0.15, 0.2) is 0 Å². The van der Waals surface area contributed by atoms with Gasteiger partial charge in [-0.3, -0.25) is 14.4 Å². The minimum atomic E-state index is -4.01. The molecule has 122 valence electrons. The molecule has 0 spiro atoms. The van der Waals surface area contributed by atoms with Crippen LogP contribution in [0.3, 0.4) is 0 Å². The van der Waals surface area contributed by atoms with Gasteiger partial charge in [0, 0.05) is 23.7 Å². The Morgan fingerprint density at radius 1 is 1.17 bits per heavy atom. The summed E-state index contributed by atoms with van der Waals surface area (Å²) in [5, 5.41) is 11.4. The topological polar surface area (TPSA) is 80.5 Å². The molecule has 0 N–H and O–H groups in total. The number of sulfonamides is 1. The van der Waals surface area contributed by atoms with Crippen LogP contribution in [-0.4, -0.2) is 19.9 Å². The third-order valence-electron chi connectivity index (χ3n) is 3.08. The summed E-state index contributed by atoms with van der Waals surface area (Å²) >= 11 is 12.0. The molecule has 6 nitrogen and oxygen atoms in total. The quantitative estimate of drug-likeness (QED) is 0.582. The normalized spacial score (nSPS) is 11.3. The summed E-state index contributed by atoms with van der Waals surface area (Å²) in [4.78, 5) is 10.0. The van der Waals surface area contributed by atoms with Crippen molar-refractivity contribution >= 4 is 44.6 Å². The van der Waals surface area contributed by atoms with E-state index in [2.05, 4.69) is 0 Å². The predicted octanol–water partition coefficient (Wildman–Crippen LogP) is 4.12. The van der Waals surface area contributed by atoms with Gasteiger partial charge in [-0.15, -0.1) is 0 Å². The van der Waals surface area contributed by atoms with Crippen LogP contribution in [0.4, 0.5) is 11.4 Å². The molecule has 2 rings (SSSR count). The van der Waals surface area contributed by atoms with E-state index in [9.17, 15) is 18.5 Å². The lowest BCUT2D eigenvalue weighted by atomic mass is 10.3. The molecule has 0 aromatic heterocycles. The molecule has 0 saturated carbocycles. The Balaban J connectivity index is 2.58. The summed E-state index contributed by atoms with van der Waals surface area (Å²) < 4.78 is 26.7. The fraction of sp³-hybridized carbons (Fsp3) is 0.143. The second kappa shape index (κ2) is 6.74. The molecule has 23 heavy (non-hydrogen) atoms. The number of nitro benzene ring substituents is 1. The molecular formula is C14H12Cl2N2O4S. The van der Waals surface area contributed by atoms with Crippen LogP contribution >= 0.6 is 23.2 Å². The lowest BCUT2D eigenvalue weighted by molar-refractivity contribution is -0.385. The van der Waals surface area contributed by atoms with Gasteiger partial charge in [-0.05, 0) is 31.2 Å². The highest BCUT2D eigenvalue weighted by molar-refractivity contribution is 7.92. The van der Waals surface area contributed by atoms with E-state index in [0.29, 0.717) is 5.02 Å². The van der Waals surface area contributed by atoms with E-state index in [-0.39, 0.29) is 27.8 Å². The third kappa shape index (κ3) is 3.57. The van der Waals surface area contributed by atoms with Crippen molar-refractivity contribution in [2.75, 3.05) is 10.8 Å². The molecule has 0 radical (unpaired) electrons. The van der Waals surface area contributed by atoms with E-state index < -0.39 is 14.9 Å². The third-order valence-corrected chi connectivity index (χ3v) is 5.52. The van der Waals surface area contributed by atoms with E-state index in [1.165, 1.54) is 30.3 Å². The molecule has 0 aliphatic rings. The van der Waals surface area contributed by atoms with Gasteiger partial charge < -0.3 is 0 Å². The Labute approximate surface area is 143 Å². The van der Waals surface area contributed by atoms with Crippen molar-refractivity contribution in [2.24, 2.45) is 0 Å². The molecule has 0 heterocycles. The van der Waals surface area contributed by atoms with Crippen LogP contribution in [0, 0.1) is 10.1 Å². The number of nitro groups is 1. The van der Waals surface area contributed by atoms with Crippen LogP contribution in [0.1, 0.15) is 6.92 Å². The highest BCUT2D eigenvalue weighted by Gasteiger charge is 2.27. The van der Waals surface area contributed by atoms with Crippen molar-refractivity contribution in [3.63, 3.8) is 0 Å². The van der Waals surface area contributed by atoms with Crippen molar-refractivity contribution in [1.82, 2.24) is 0 Å². The average molecular weight is 375 g/mol. The molecular weight excluding hydrogens is 363 g/mol. The first kappa shape index (κ1) is 17.5. The maximum Gasteiger partial charge on any atom is 0.270 e. The lowest BCUT2D eigenvalue weighted by Crippen LogP contribution is -2.31. The molecule has 0 bridgehead atoms. The molecule has 0 atom stereocenters. The van der Waals surface area contributed by atoms with Crippen molar-refractivity contribution in [2.45, 2.75) is 11.8 Å². The summed E-state index contributed by atoms with van der Waals surface area (Å²) in [5.74, 6) is 0. The fourth-order valence-corrected chi connectivity index (χ4v) is 3.99. The number of rotatable bonds is 5. The van der Waals surface area contributed by atoms with Crippen LogP contribution in [0.15, 0.2) is 47.4 Å². The molecule has 0 fully saturated rings. The van der Waals surface area contributed by atoms with Crippen molar-refractivity contribution in [3.8, 4) is 0 Å². The lowest BCUT2D eigenvalue weighted by Gasteiger charge is -2.24. The maximum atomic E-state index is 12.8. The zero-order valence-corrected chi connectivity index (χ0v) is 14.3. The molecule has 0 aliphatic heterocycles. The summed E-state index contributed by atoms with van der Waals surface area (Å²) in [7, 11) is -4.01. The maximum absolute atomic E-state index is 12.8. The van der Waals surface area contributed by atoms with Gasteiger partial charge in [0.2, 0.25) is 0 Å². The zero-order valence-electron chi connectivity index (χ0n) is 11.9. The largest absolute Gasteiger partial charge is 0.270 e. The smallest absolute Gasteiger partial charge is 0.265 e. The van der Waals surface area contributed by atoms with E-state index in [0.717, 1.165) is 10.4 Å². The standard InChI is InChI=1S/C14H12Cl2N2O4S/c1-2-17(14-8-10(15)6-7-13(14)16)23(21,22)12-5-3-4-11(9-12)18(19)20/h3-9H,2H2,1H3. The molecule has 0 saturated heterocycles. The SMILES string of the molecule is CCN(c1cc(Cl)ccc1Cl)S(=O)(=O)c1cccc([N+](=O)[O-])c1. The average Bonchev–Trinajstić information content (AvgIpc) is 2.51. The number of benzene rings is 2. The molecule has 9 heteroatoms. The summed E-state index contributed by atoms with van der Waals surface area (Å²) in [6, 6.07) is 9.31. The van der Waals surface area contributed by atoms with Gasteiger partial charge in [0.1, 0.15) is 0 Å². The monoisotopic (exact) mass is 374 g/mol. The zero-order chi connectivity index (χ0) is 17.2. The first-order valence-corrected chi connectivity index (χ1v) is 8.69. The Morgan fingerprint density at radius 2 is 1.87 bits per heavy atom. The second-order valence-corrected chi connectivity index (χ2v) is 7.23. The molecule has 2 aromatic rings. The molecule has 2 aromatic carbocycles. The van der Waals surface area contributed by atoms with E-state index in [1.54, 1.807) is 13.0 Å². The van der Waals surface area contributed by atoms with E-state index in [1.807, 2.05) is 0 Å². The summed E-state index contributed by atoms with van der Waals surface area (Å²) in [6.07, 6.45) is 0. The van der Waals surface area contributed by atoms with Crippen LogP contribution in [-0.2, 0) is 10.0 Å². The molecule has 0 amide bonds. The van der Waals surface area contributed by atoms with Crippen molar-refractivity contribution < 1.29 is 13.3 Å². The van der Waals surface area contributed by atoms with E-state index >= 15 is 0 Å². The Kier molecular flexibility index (Phi) is 5.13. The number of non-ortho nitro benzene ring substituents is 1. The fourth-order valence-electron chi connectivity index (χ4n) is 2.03. The number of hydrogen-bond acceptors (Lipinski definition) is 4. The highest BCUT2D eigenvalue weighted by Crippen LogP contribution is 2.33. The van der Waals surface area contributed by atoms with Crippen LogP contribution in [0.25, 0.3) is 0 Å². The van der Waals surface area contributed by atoms with Gasteiger partial charge in [0.05, 0.1) is 20.5 Å². The molecule has 0 unspecified atom stereocenters. The van der Waals surface area contributed by atoms with Gasteiger partial charge in [0.25, 0.3) is 15.7 Å². The van der Waals surface area contributed by atoms with Crippen LogP contribution < -0.4 is 4.31 Å². The first-order chi connectivity index (χ1) is 10.8. The van der Waals surface area contributed by atoms with Gasteiger partial charge in [-0.2, -0.15) is 0 Å². The van der Waals surface area contributed by atoms with E-state index in [4.69, 9.17) is 23.2 Å². The van der Waals surface area contributed by atoms with Crippen LogP contribution in [0.5, 0.6) is 0 Å². The number of nitrogens with zero attached hydrogens (tertiary/aromatic N) is 2. The minimum Gasteiger partial charge on any atom is -0.265 e. The predicted molar refractivity (Wildman–Crippen MR) is 89.8 cm³/mol. The Bertz CT molecular complexity index is 856. The molecule has 0 aliphatic carbocycles. The summed E-state index contributed by atoms with van der Waals surface area (Å²) in [6.45, 7) is 1.72. The summed E-state index contributed by atoms with van der Waals surface area (Å²) in [5.41, 5.74) is -0.0903. The van der Waals surface area contributed by atoms with Gasteiger partial charge in [-0.25, -0.2) is 8.42 Å². The Morgan fingerprint density at radius 3 is 2.48 bits per heavy atom. The van der Waals surface area contributed by atoms with Crippen molar-refractivity contribution in [3.05, 3.63) is 62.6 Å². The Hall–Kier alpha value is -1.83. The minimum absolute atomic E-state index is 0.0884. The number of halogens is 2. The highest BCUT2D eigenvalue weighted by atomic mass is 35.5. The van der Waals surface area contributed by atoms with Gasteiger partial charge in [-0.1, -0.05) is 29.3 Å². The van der Waals surface area contributed by atoms with Crippen LogP contribution in [0.2, 0.25) is 10.0 Å².